The van der Waals surface area contributed by atoms with E-state index in [2.05, 4.69) is 15.9 Å². The molecule has 2 aliphatic rings. The van der Waals surface area contributed by atoms with Crippen molar-refractivity contribution in [2.75, 3.05) is 13.1 Å². The number of hydrogen-bond acceptors (Lipinski definition) is 3. The number of hydrogen-bond donors (Lipinski definition) is 1. The van der Waals surface area contributed by atoms with Crippen LogP contribution in [0.1, 0.15) is 19.3 Å². The van der Waals surface area contributed by atoms with Crippen LogP contribution in [0.3, 0.4) is 0 Å². The molecule has 1 saturated carbocycles. The standard InChI is InChI=1S/C14H19BrN2O2S/c15-12-5-1-2-7-14(12)20(18,19)17-8-10-4-3-6-13(16)11(10)9-17/h1-2,5,7,10-11,13H,3-4,6,8-9,16H2. The van der Waals surface area contributed by atoms with Gasteiger partial charge >= 0.3 is 0 Å². The summed E-state index contributed by atoms with van der Waals surface area (Å²) in [5, 5.41) is 0. The Bertz CT molecular complexity index is 605. The third kappa shape index (κ3) is 2.43. The quantitative estimate of drug-likeness (QED) is 0.881. The summed E-state index contributed by atoms with van der Waals surface area (Å²) in [6.45, 7) is 1.18. The van der Waals surface area contributed by atoms with E-state index in [1.165, 1.54) is 0 Å². The van der Waals surface area contributed by atoms with Gasteiger partial charge in [0.1, 0.15) is 0 Å². The molecular formula is C14H19BrN2O2S. The highest BCUT2D eigenvalue weighted by atomic mass is 79.9. The molecule has 0 spiro atoms. The molecular weight excluding hydrogens is 340 g/mol. The van der Waals surface area contributed by atoms with Gasteiger partial charge in [-0.05, 0) is 52.7 Å². The molecule has 20 heavy (non-hydrogen) atoms. The molecule has 6 heteroatoms. The third-order valence-corrected chi connectivity index (χ3v) is 7.42. The van der Waals surface area contributed by atoms with E-state index in [9.17, 15) is 8.42 Å². The molecule has 3 rings (SSSR count). The molecule has 1 heterocycles. The van der Waals surface area contributed by atoms with Gasteiger partial charge in [0.2, 0.25) is 10.0 Å². The van der Waals surface area contributed by atoms with E-state index in [0.29, 0.717) is 34.3 Å². The normalized spacial score (nSPS) is 31.2. The van der Waals surface area contributed by atoms with Crippen molar-refractivity contribution in [3.05, 3.63) is 28.7 Å². The van der Waals surface area contributed by atoms with Crippen LogP contribution in [0.15, 0.2) is 33.6 Å². The average molecular weight is 359 g/mol. The molecule has 1 aliphatic carbocycles. The Morgan fingerprint density at radius 2 is 1.95 bits per heavy atom. The maximum atomic E-state index is 12.8. The van der Waals surface area contributed by atoms with E-state index >= 15 is 0 Å². The Labute approximate surface area is 128 Å². The number of rotatable bonds is 2. The first-order valence-corrected chi connectivity index (χ1v) is 9.23. The molecule has 2 N–H and O–H groups in total. The number of benzene rings is 1. The monoisotopic (exact) mass is 358 g/mol. The highest BCUT2D eigenvalue weighted by molar-refractivity contribution is 9.10. The Kier molecular flexibility index (Phi) is 3.92. The summed E-state index contributed by atoms with van der Waals surface area (Å²) >= 11 is 3.34. The molecule has 110 valence electrons. The summed E-state index contributed by atoms with van der Waals surface area (Å²) in [6.07, 6.45) is 3.23. The van der Waals surface area contributed by atoms with Crippen LogP contribution in [0.25, 0.3) is 0 Å². The highest BCUT2D eigenvalue weighted by Gasteiger charge is 2.43. The second-order valence-electron chi connectivity index (χ2n) is 5.77. The van der Waals surface area contributed by atoms with Gasteiger partial charge in [0.05, 0.1) is 4.90 Å². The van der Waals surface area contributed by atoms with E-state index in [4.69, 9.17) is 5.73 Å². The number of nitrogens with zero attached hydrogens (tertiary/aromatic N) is 1. The van der Waals surface area contributed by atoms with Gasteiger partial charge in [-0.25, -0.2) is 8.42 Å². The summed E-state index contributed by atoms with van der Waals surface area (Å²) < 4.78 is 27.8. The van der Waals surface area contributed by atoms with Crippen LogP contribution in [-0.4, -0.2) is 31.9 Å². The smallest absolute Gasteiger partial charge is 0.244 e. The van der Waals surface area contributed by atoms with Crippen molar-refractivity contribution >= 4 is 26.0 Å². The van der Waals surface area contributed by atoms with Gasteiger partial charge in [-0.1, -0.05) is 18.6 Å². The van der Waals surface area contributed by atoms with Crippen LogP contribution in [0.2, 0.25) is 0 Å². The van der Waals surface area contributed by atoms with Crippen molar-refractivity contribution in [3.63, 3.8) is 0 Å². The van der Waals surface area contributed by atoms with Crippen LogP contribution in [-0.2, 0) is 10.0 Å². The lowest BCUT2D eigenvalue weighted by Crippen LogP contribution is -2.38. The molecule has 1 aromatic rings. The summed E-state index contributed by atoms with van der Waals surface area (Å²) in [6, 6.07) is 7.14. The predicted octanol–water partition coefficient (Wildman–Crippen LogP) is 2.20. The SMILES string of the molecule is NC1CCCC2CN(S(=O)(=O)c3ccccc3Br)CC12. The molecule has 0 radical (unpaired) electrons. The second kappa shape index (κ2) is 5.40. The van der Waals surface area contributed by atoms with Crippen molar-refractivity contribution in [2.45, 2.75) is 30.2 Å². The topological polar surface area (TPSA) is 63.4 Å². The molecule has 3 unspecified atom stereocenters. The van der Waals surface area contributed by atoms with Crippen molar-refractivity contribution < 1.29 is 8.42 Å². The minimum absolute atomic E-state index is 0.146. The zero-order chi connectivity index (χ0) is 14.3. The molecule has 3 atom stereocenters. The van der Waals surface area contributed by atoms with Crippen LogP contribution in [0.4, 0.5) is 0 Å². The van der Waals surface area contributed by atoms with Crippen LogP contribution < -0.4 is 5.73 Å². The molecule has 1 saturated heterocycles. The second-order valence-corrected chi connectivity index (χ2v) is 8.53. The number of nitrogens with two attached hydrogens (primary N) is 1. The summed E-state index contributed by atoms with van der Waals surface area (Å²) in [4.78, 5) is 0.354. The fourth-order valence-corrected chi connectivity index (χ4v) is 5.96. The minimum atomic E-state index is -3.42. The number of sulfonamides is 1. The van der Waals surface area contributed by atoms with E-state index in [-0.39, 0.29) is 6.04 Å². The van der Waals surface area contributed by atoms with E-state index in [1.54, 1.807) is 22.5 Å². The van der Waals surface area contributed by atoms with E-state index < -0.39 is 10.0 Å². The average Bonchev–Trinajstić information content (AvgIpc) is 2.85. The minimum Gasteiger partial charge on any atom is -0.327 e. The Balaban J connectivity index is 1.89. The lowest BCUT2D eigenvalue weighted by Gasteiger charge is -2.29. The van der Waals surface area contributed by atoms with Crippen molar-refractivity contribution in [3.8, 4) is 0 Å². The fraction of sp³-hybridized carbons (Fsp3) is 0.571. The zero-order valence-electron chi connectivity index (χ0n) is 11.2. The molecule has 2 fully saturated rings. The highest BCUT2D eigenvalue weighted by Crippen LogP contribution is 2.38. The Morgan fingerprint density at radius 1 is 1.20 bits per heavy atom. The van der Waals surface area contributed by atoms with Crippen LogP contribution in [0.5, 0.6) is 0 Å². The van der Waals surface area contributed by atoms with Gasteiger partial charge in [0.15, 0.2) is 0 Å². The van der Waals surface area contributed by atoms with E-state index in [0.717, 1.165) is 19.3 Å². The van der Waals surface area contributed by atoms with Gasteiger partial charge in [-0.15, -0.1) is 0 Å². The lowest BCUT2D eigenvalue weighted by molar-refractivity contribution is 0.260. The first-order chi connectivity index (χ1) is 9.50. The largest absolute Gasteiger partial charge is 0.327 e. The van der Waals surface area contributed by atoms with Gasteiger partial charge in [-0.2, -0.15) is 4.31 Å². The maximum Gasteiger partial charge on any atom is 0.244 e. The summed E-state index contributed by atoms with van der Waals surface area (Å²) in [5.41, 5.74) is 6.16. The van der Waals surface area contributed by atoms with Crippen LogP contribution in [0, 0.1) is 11.8 Å². The molecule has 0 amide bonds. The molecule has 0 bridgehead atoms. The number of fused-ring (bicyclic) bond motifs is 1. The zero-order valence-corrected chi connectivity index (χ0v) is 13.6. The molecule has 4 nitrogen and oxygen atoms in total. The van der Waals surface area contributed by atoms with Crippen molar-refractivity contribution in [1.82, 2.24) is 4.31 Å². The third-order valence-electron chi connectivity index (χ3n) is 4.57. The first-order valence-electron chi connectivity index (χ1n) is 7.00. The molecule has 1 aromatic carbocycles. The van der Waals surface area contributed by atoms with Gasteiger partial charge in [0, 0.05) is 23.6 Å². The van der Waals surface area contributed by atoms with Crippen LogP contribution >= 0.6 is 15.9 Å². The predicted molar refractivity (Wildman–Crippen MR) is 81.7 cm³/mol. The van der Waals surface area contributed by atoms with Gasteiger partial charge < -0.3 is 5.73 Å². The summed E-state index contributed by atoms with van der Waals surface area (Å²) in [7, 11) is -3.42. The first kappa shape index (κ1) is 14.5. The van der Waals surface area contributed by atoms with Gasteiger partial charge in [-0.3, -0.25) is 0 Å². The van der Waals surface area contributed by atoms with Crippen molar-refractivity contribution in [2.24, 2.45) is 17.6 Å². The Hall–Kier alpha value is -0.430. The fourth-order valence-electron chi connectivity index (χ4n) is 3.47. The summed E-state index contributed by atoms with van der Waals surface area (Å²) in [5.74, 6) is 0.747. The Morgan fingerprint density at radius 3 is 2.65 bits per heavy atom. The molecule has 1 aliphatic heterocycles. The maximum absolute atomic E-state index is 12.8. The van der Waals surface area contributed by atoms with E-state index in [1.807, 2.05) is 6.07 Å². The lowest BCUT2D eigenvalue weighted by atomic mass is 9.78. The van der Waals surface area contributed by atoms with Crippen molar-refractivity contribution in [1.29, 1.82) is 0 Å². The molecule has 0 aromatic heterocycles. The van der Waals surface area contributed by atoms with Gasteiger partial charge in [0.25, 0.3) is 0 Å². The number of halogens is 1.